The van der Waals surface area contributed by atoms with Crippen LogP contribution in [-0.2, 0) is 14.3 Å². The molecule has 2 atom stereocenters. The molecule has 0 saturated carbocycles. The Morgan fingerprint density at radius 1 is 1.20 bits per heavy atom. The van der Waals surface area contributed by atoms with Crippen molar-refractivity contribution in [1.29, 1.82) is 0 Å². The second-order valence-electron chi connectivity index (χ2n) is 5.85. The van der Waals surface area contributed by atoms with E-state index >= 15 is 0 Å². The molecule has 20 heavy (non-hydrogen) atoms. The van der Waals surface area contributed by atoms with Crippen molar-refractivity contribution in [2.24, 2.45) is 16.3 Å². The van der Waals surface area contributed by atoms with E-state index in [4.69, 9.17) is 4.74 Å². The summed E-state index contributed by atoms with van der Waals surface area (Å²) < 4.78 is 10.2. The van der Waals surface area contributed by atoms with Gasteiger partial charge in [-0.1, -0.05) is 27.7 Å². The van der Waals surface area contributed by atoms with Crippen molar-refractivity contribution in [3.63, 3.8) is 0 Å². The van der Waals surface area contributed by atoms with Gasteiger partial charge >= 0.3 is 5.97 Å². The van der Waals surface area contributed by atoms with Crippen LogP contribution in [0.15, 0.2) is 4.99 Å². The molecule has 0 aliphatic heterocycles. The van der Waals surface area contributed by atoms with E-state index in [9.17, 15) is 4.79 Å². The number of methoxy groups -OCH3 is 2. The molecule has 2 N–H and O–H groups in total. The number of hydrogen-bond acceptors (Lipinski definition) is 4. The lowest BCUT2D eigenvalue weighted by atomic mass is 9.89. The van der Waals surface area contributed by atoms with Crippen molar-refractivity contribution in [3.05, 3.63) is 0 Å². The third-order valence-electron chi connectivity index (χ3n) is 3.11. The number of esters is 1. The van der Waals surface area contributed by atoms with Gasteiger partial charge in [0.1, 0.15) is 0 Å². The van der Waals surface area contributed by atoms with Gasteiger partial charge in [-0.25, -0.2) is 0 Å². The van der Waals surface area contributed by atoms with Crippen LogP contribution in [0.3, 0.4) is 0 Å². The Bertz CT molecular complexity index is 324. The summed E-state index contributed by atoms with van der Waals surface area (Å²) in [5, 5.41) is 6.30. The van der Waals surface area contributed by atoms with Gasteiger partial charge in [-0.2, -0.15) is 0 Å². The third-order valence-corrected chi connectivity index (χ3v) is 3.11. The molecule has 0 aromatic rings. The summed E-state index contributed by atoms with van der Waals surface area (Å²) in [7, 11) is 4.78. The Morgan fingerprint density at radius 2 is 1.75 bits per heavy atom. The topological polar surface area (TPSA) is 72.0 Å². The molecule has 0 aliphatic rings. The van der Waals surface area contributed by atoms with Gasteiger partial charge in [-0.05, 0) is 5.41 Å². The second kappa shape index (κ2) is 8.79. The molecule has 6 heteroatoms. The maximum Gasteiger partial charge on any atom is 0.310 e. The van der Waals surface area contributed by atoms with Crippen LogP contribution >= 0.6 is 0 Å². The highest BCUT2D eigenvalue weighted by Crippen LogP contribution is 2.20. The highest BCUT2D eigenvalue weighted by atomic mass is 16.5. The first-order valence-electron chi connectivity index (χ1n) is 6.81. The Balaban J connectivity index is 4.27. The van der Waals surface area contributed by atoms with E-state index < -0.39 is 0 Å². The number of carbonyl (C=O) groups excluding carboxylic acids is 1. The van der Waals surface area contributed by atoms with E-state index in [2.05, 4.69) is 41.1 Å². The number of rotatable bonds is 6. The van der Waals surface area contributed by atoms with Crippen LogP contribution in [0.1, 0.15) is 27.7 Å². The first-order valence-corrected chi connectivity index (χ1v) is 6.81. The van der Waals surface area contributed by atoms with Gasteiger partial charge in [0.05, 0.1) is 19.1 Å². The minimum absolute atomic E-state index is 0.0416. The highest BCUT2D eigenvalue weighted by molar-refractivity contribution is 5.80. The predicted octanol–water partition coefficient (Wildman–Crippen LogP) is 1.02. The molecule has 0 saturated heterocycles. The standard InChI is InChI=1S/C14H29N3O3/c1-10(12(18)20-7)8-16-13(15-5)17-9-11(19-6)14(2,3)4/h10-11H,8-9H2,1-7H3,(H2,15,16,17). The van der Waals surface area contributed by atoms with Crippen LogP contribution in [0.5, 0.6) is 0 Å². The summed E-state index contributed by atoms with van der Waals surface area (Å²) in [4.78, 5) is 15.4. The molecule has 0 radical (unpaired) electrons. The fourth-order valence-corrected chi connectivity index (χ4v) is 1.69. The molecule has 0 amide bonds. The molecule has 0 aromatic carbocycles. The summed E-state index contributed by atoms with van der Waals surface area (Å²) in [6.07, 6.45) is 0.0686. The molecule has 0 rings (SSSR count). The SMILES string of the molecule is CN=C(NCC(C)C(=O)OC)NCC(OC)C(C)(C)C. The van der Waals surface area contributed by atoms with Crippen molar-refractivity contribution in [1.82, 2.24) is 10.6 Å². The third kappa shape index (κ3) is 6.75. The zero-order valence-corrected chi connectivity index (χ0v) is 13.7. The molecule has 0 spiro atoms. The molecular formula is C14H29N3O3. The van der Waals surface area contributed by atoms with Gasteiger partial charge in [-0.15, -0.1) is 0 Å². The molecule has 6 nitrogen and oxygen atoms in total. The smallest absolute Gasteiger partial charge is 0.310 e. The van der Waals surface area contributed by atoms with Crippen molar-refractivity contribution < 1.29 is 14.3 Å². The number of ether oxygens (including phenoxy) is 2. The summed E-state index contributed by atoms with van der Waals surface area (Å²) >= 11 is 0. The summed E-state index contributed by atoms with van der Waals surface area (Å²) in [5.74, 6) is 0.184. The van der Waals surface area contributed by atoms with Gasteiger partial charge in [0.2, 0.25) is 0 Å². The minimum Gasteiger partial charge on any atom is -0.469 e. The van der Waals surface area contributed by atoms with Crippen LogP contribution in [-0.4, -0.2) is 52.4 Å². The van der Waals surface area contributed by atoms with Crippen LogP contribution in [0.2, 0.25) is 0 Å². The first-order chi connectivity index (χ1) is 9.26. The Morgan fingerprint density at radius 3 is 2.15 bits per heavy atom. The summed E-state index contributed by atoms with van der Waals surface area (Å²) in [6, 6.07) is 0. The maximum absolute atomic E-state index is 11.3. The predicted molar refractivity (Wildman–Crippen MR) is 80.8 cm³/mol. The lowest BCUT2D eigenvalue weighted by molar-refractivity contribution is -0.144. The van der Waals surface area contributed by atoms with E-state index in [-0.39, 0.29) is 23.4 Å². The van der Waals surface area contributed by atoms with E-state index in [0.29, 0.717) is 19.0 Å². The van der Waals surface area contributed by atoms with Crippen molar-refractivity contribution in [2.75, 3.05) is 34.4 Å². The summed E-state index contributed by atoms with van der Waals surface area (Å²) in [6.45, 7) is 9.29. The number of hydrogen-bond donors (Lipinski definition) is 2. The second-order valence-corrected chi connectivity index (χ2v) is 5.85. The number of aliphatic imine (C=N–C) groups is 1. The zero-order chi connectivity index (χ0) is 15.8. The quantitative estimate of drug-likeness (QED) is 0.433. The minimum atomic E-state index is -0.239. The number of carbonyl (C=O) groups is 1. The van der Waals surface area contributed by atoms with Crippen molar-refractivity contribution in [2.45, 2.75) is 33.8 Å². The van der Waals surface area contributed by atoms with Crippen LogP contribution in [0.25, 0.3) is 0 Å². The Labute approximate surface area is 122 Å². The highest BCUT2D eigenvalue weighted by Gasteiger charge is 2.24. The lowest BCUT2D eigenvalue weighted by Crippen LogP contribution is -2.46. The average molecular weight is 287 g/mol. The molecule has 0 bridgehead atoms. The molecule has 0 heterocycles. The monoisotopic (exact) mass is 287 g/mol. The van der Waals surface area contributed by atoms with E-state index in [0.717, 1.165) is 0 Å². The van der Waals surface area contributed by atoms with Crippen molar-refractivity contribution in [3.8, 4) is 0 Å². The van der Waals surface area contributed by atoms with E-state index in [1.807, 2.05) is 0 Å². The van der Waals surface area contributed by atoms with Gasteiger partial charge in [0.25, 0.3) is 0 Å². The lowest BCUT2D eigenvalue weighted by Gasteiger charge is -2.30. The van der Waals surface area contributed by atoms with Crippen LogP contribution in [0.4, 0.5) is 0 Å². The van der Waals surface area contributed by atoms with E-state index in [1.165, 1.54) is 7.11 Å². The van der Waals surface area contributed by atoms with Crippen LogP contribution < -0.4 is 10.6 Å². The molecule has 118 valence electrons. The van der Waals surface area contributed by atoms with Crippen molar-refractivity contribution >= 4 is 11.9 Å². The Kier molecular flexibility index (Phi) is 8.22. The van der Waals surface area contributed by atoms with E-state index in [1.54, 1.807) is 21.1 Å². The zero-order valence-electron chi connectivity index (χ0n) is 13.7. The molecule has 0 fully saturated rings. The number of guanidine groups is 1. The fraction of sp³-hybridized carbons (Fsp3) is 0.857. The fourth-order valence-electron chi connectivity index (χ4n) is 1.69. The molecule has 2 unspecified atom stereocenters. The largest absolute Gasteiger partial charge is 0.469 e. The maximum atomic E-state index is 11.3. The molecular weight excluding hydrogens is 258 g/mol. The van der Waals surface area contributed by atoms with Gasteiger partial charge < -0.3 is 20.1 Å². The summed E-state index contributed by atoms with van der Waals surface area (Å²) in [5.41, 5.74) is 0.0416. The molecule has 0 aliphatic carbocycles. The first kappa shape index (κ1) is 18.7. The van der Waals surface area contributed by atoms with Crippen LogP contribution in [0, 0.1) is 11.3 Å². The average Bonchev–Trinajstić information content (AvgIpc) is 2.39. The number of nitrogens with one attached hydrogen (secondary N) is 2. The molecule has 0 aromatic heterocycles. The van der Waals surface area contributed by atoms with Gasteiger partial charge in [-0.3, -0.25) is 9.79 Å². The number of nitrogens with zero attached hydrogens (tertiary/aromatic N) is 1. The van der Waals surface area contributed by atoms with Gasteiger partial charge in [0, 0.05) is 27.2 Å². The normalized spacial score (nSPS) is 15.4. The Hall–Kier alpha value is -1.30. The van der Waals surface area contributed by atoms with Gasteiger partial charge in [0.15, 0.2) is 5.96 Å².